The van der Waals surface area contributed by atoms with E-state index < -0.39 is 45.7 Å². The summed E-state index contributed by atoms with van der Waals surface area (Å²) in [5.74, 6) is -1.09. The van der Waals surface area contributed by atoms with Crippen molar-refractivity contribution in [1.29, 1.82) is 0 Å². The van der Waals surface area contributed by atoms with Gasteiger partial charge in [-0.1, -0.05) is 30.3 Å². The number of rotatable bonds is 12. The van der Waals surface area contributed by atoms with Crippen LogP contribution in [0.3, 0.4) is 0 Å². The van der Waals surface area contributed by atoms with Gasteiger partial charge in [0.15, 0.2) is 5.75 Å². The number of alkyl carbamates (subject to hydrolysis) is 1. The fourth-order valence-electron chi connectivity index (χ4n) is 3.74. The molecule has 2 atom stereocenters. The minimum absolute atomic E-state index is 0.0406. The van der Waals surface area contributed by atoms with Gasteiger partial charge in [0.25, 0.3) is 15.9 Å². The van der Waals surface area contributed by atoms with Crippen molar-refractivity contribution in [3.05, 3.63) is 84.4 Å². The second-order valence-electron chi connectivity index (χ2n) is 10.5. The summed E-state index contributed by atoms with van der Waals surface area (Å²) in [7, 11) is -4.05. The maximum absolute atomic E-state index is 13.1. The lowest BCUT2D eigenvalue weighted by Gasteiger charge is -2.22. The zero-order valence-corrected chi connectivity index (χ0v) is 24.6. The van der Waals surface area contributed by atoms with Gasteiger partial charge in [-0.05, 0) is 89.1 Å². The lowest BCUT2D eigenvalue weighted by molar-refractivity contribution is -0.139. The van der Waals surface area contributed by atoms with Crippen molar-refractivity contribution in [3.63, 3.8) is 0 Å². The fraction of sp³-hybridized carbons (Fsp3) is 0.300. The first-order valence-electron chi connectivity index (χ1n) is 13.2. The number of para-hydroxylation sites is 3. The van der Waals surface area contributed by atoms with E-state index in [4.69, 9.17) is 9.47 Å². The van der Waals surface area contributed by atoms with Crippen molar-refractivity contribution < 1.29 is 37.4 Å². The van der Waals surface area contributed by atoms with Crippen LogP contribution in [0.25, 0.3) is 0 Å². The second kappa shape index (κ2) is 13.9. The number of anilines is 1. The van der Waals surface area contributed by atoms with E-state index in [0.29, 0.717) is 11.5 Å². The zero-order chi connectivity index (χ0) is 30.9. The van der Waals surface area contributed by atoms with Crippen molar-refractivity contribution in [2.24, 2.45) is 0 Å². The van der Waals surface area contributed by atoms with Crippen LogP contribution in [0.15, 0.2) is 83.8 Å². The van der Waals surface area contributed by atoms with Crippen molar-refractivity contribution in [1.82, 2.24) is 10.6 Å². The molecule has 3 aromatic rings. The molecular formula is C30H35N3O8S. The lowest BCUT2D eigenvalue weighted by Crippen LogP contribution is -2.43. The Morgan fingerprint density at radius 3 is 2.10 bits per heavy atom. The van der Waals surface area contributed by atoms with Crippen LogP contribution in [0.5, 0.6) is 11.5 Å². The number of carbonyl (C=O) groups excluding carboxylic acids is 2. The van der Waals surface area contributed by atoms with E-state index in [9.17, 15) is 27.9 Å². The number of carboxylic acid groups (broad SMARTS) is 1. The third-order valence-corrected chi connectivity index (χ3v) is 7.17. The molecule has 0 spiro atoms. The Labute approximate surface area is 245 Å². The van der Waals surface area contributed by atoms with Crippen LogP contribution in [0.1, 0.15) is 50.9 Å². The molecule has 0 heterocycles. The number of hydrogen-bond acceptors (Lipinski definition) is 7. The number of aliphatic carboxylic acids is 1. The van der Waals surface area contributed by atoms with Crippen LogP contribution in [0, 0.1) is 0 Å². The van der Waals surface area contributed by atoms with E-state index in [1.165, 1.54) is 24.3 Å². The van der Waals surface area contributed by atoms with Crippen LogP contribution < -0.4 is 20.1 Å². The van der Waals surface area contributed by atoms with Crippen LogP contribution in [0.4, 0.5) is 10.5 Å². The molecule has 2 amide bonds. The van der Waals surface area contributed by atoms with Crippen molar-refractivity contribution >= 4 is 33.7 Å². The smallest absolute Gasteiger partial charge is 0.407 e. The van der Waals surface area contributed by atoms with E-state index in [-0.39, 0.29) is 29.0 Å². The molecule has 2 unspecified atom stereocenters. The number of sulfonamides is 1. The zero-order valence-electron chi connectivity index (χ0n) is 23.8. The number of hydrogen-bond donors (Lipinski definition) is 4. The molecule has 4 N–H and O–H groups in total. The largest absolute Gasteiger partial charge is 0.480 e. The number of ether oxygens (including phenoxy) is 2. The average Bonchev–Trinajstić information content (AvgIpc) is 2.91. The van der Waals surface area contributed by atoms with Gasteiger partial charge in [-0.25, -0.2) is 18.0 Å². The van der Waals surface area contributed by atoms with E-state index >= 15 is 0 Å². The Morgan fingerprint density at radius 2 is 1.48 bits per heavy atom. The third-order valence-electron chi connectivity index (χ3n) is 5.78. The van der Waals surface area contributed by atoms with Crippen molar-refractivity contribution in [3.8, 4) is 11.5 Å². The molecule has 0 aliphatic rings. The highest BCUT2D eigenvalue weighted by Crippen LogP contribution is 2.31. The molecule has 224 valence electrons. The fourth-order valence-corrected chi connectivity index (χ4v) is 4.81. The first-order chi connectivity index (χ1) is 19.7. The molecule has 12 heteroatoms. The van der Waals surface area contributed by atoms with Gasteiger partial charge < -0.3 is 25.2 Å². The van der Waals surface area contributed by atoms with Gasteiger partial charge in [0, 0.05) is 11.6 Å². The molecule has 0 saturated carbocycles. The van der Waals surface area contributed by atoms with Crippen molar-refractivity contribution in [2.75, 3.05) is 4.72 Å². The molecule has 0 fully saturated rings. The number of carbonyl (C=O) groups is 3. The highest BCUT2D eigenvalue weighted by Gasteiger charge is 2.24. The monoisotopic (exact) mass is 597 g/mol. The summed E-state index contributed by atoms with van der Waals surface area (Å²) in [5, 5.41) is 14.7. The minimum atomic E-state index is -4.05. The van der Waals surface area contributed by atoms with Gasteiger partial charge in [0.05, 0.1) is 10.6 Å². The highest BCUT2D eigenvalue weighted by molar-refractivity contribution is 7.92. The Kier molecular flexibility index (Phi) is 10.5. The predicted molar refractivity (Wildman–Crippen MR) is 157 cm³/mol. The third kappa shape index (κ3) is 9.81. The van der Waals surface area contributed by atoms with Gasteiger partial charge in [0.1, 0.15) is 17.4 Å². The number of amides is 2. The van der Waals surface area contributed by atoms with Gasteiger partial charge in [-0.3, -0.25) is 9.52 Å². The molecule has 0 bridgehead atoms. The van der Waals surface area contributed by atoms with Gasteiger partial charge in [-0.15, -0.1) is 0 Å². The molecule has 0 saturated heterocycles. The summed E-state index contributed by atoms with van der Waals surface area (Å²) in [5.41, 5.74) is -0.371. The average molecular weight is 598 g/mol. The molecule has 0 aliphatic carbocycles. The summed E-state index contributed by atoms with van der Waals surface area (Å²) < 4.78 is 39.7. The van der Waals surface area contributed by atoms with Gasteiger partial charge in [0.2, 0.25) is 0 Å². The summed E-state index contributed by atoms with van der Waals surface area (Å²) in [6.07, 6.45) is -0.323. The quantitative estimate of drug-likeness (QED) is 0.223. The predicted octanol–water partition coefficient (Wildman–Crippen LogP) is 5.16. The molecular weight excluding hydrogens is 562 g/mol. The Hall–Kier alpha value is -4.58. The Morgan fingerprint density at radius 1 is 0.857 bits per heavy atom. The normalized spacial score (nSPS) is 12.9. The molecule has 0 aliphatic heterocycles. The first-order valence-corrected chi connectivity index (χ1v) is 14.7. The van der Waals surface area contributed by atoms with Crippen LogP contribution in [-0.2, 0) is 19.6 Å². The van der Waals surface area contributed by atoms with Crippen LogP contribution in [-0.4, -0.2) is 49.2 Å². The first kappa shape index (κ1) is 31.9. The second-order valence-corrected chi connectivity index (χ2v) is 12.2. The number of benzene rings is 3. The minimum Gasteiger partial charge on any atom is -0.480 e. The number of nitrogens with one attached hydrogen (secondary N) is 3. The molecule has 42 heavy (non-hydrogen) atoms. The van der Waals surface area contributed by atoms with Crippen LogP contribution in [0.2, 0.25) is 0 Å². The van der Waals surface area contributed by atoms with E-state index in [2.05, 4.69) is 15.4 Å². The molecule has 0 radical (unpaired) electrons. The summed E-state index contributed by atoms with van der Waals surface area (Å²) >= 11 is 0. The van der Waals surface area contributed by atoms with Crippen LogP contribution >= 0.6 is 0 Å². The standard InChI is InChI=1S/C30H35N3O8S/c1-20(31-29(37)41-30(2,3)4)14-19-25(28(35)36)32-27(34)21-15-17-23(18-16-21)42(38,39)33-24-12-8-9-13-26(24)40-22-10-6-5-7-11-22/h5-13,15-18,20,25,33H,14,19H2,1-4H3,(H,31,37)(H,32,34)(H,35,36). The Bertz CT molecular complexity index is 1490. The van der Waals surface area contributed by atoms with E-state index in [1.54, 1.807) is 76.2 Å². The maximum Gasteiger partial charge on any atom is 0.407 e. The summed E-state index contributed by atoms with van der Waals surface area (Å²) in [6, 6.07) is 18.9. The maximum atomic E-state index is 13.1. The molecule has 11 nitrogen and oxygen atoms in total. The Balaban J connectivity index is 1.62. The molecule has 3 rings (SSSR count). The van der Waals surface area contributed by atoms with E-state index in [1.807, 2.05) is 6.07 Å². The SMILES string of the molecule is CC(CCC(NC(=O)c1ccc(S(=O)(=O)Nc2ccccc2Oc2ccccc2)cc1)C(=O)O)NC(=O)OC(C)(C)C. The number of carboxylic acids is 1. The van der Waals surface area contributed by atoms with Gasteiger partial charge in [-0.2, -0.15) is 0 Å². The summed E-state index contributed by atoms with van der Waals surface area (Å²) in [4.78, 5) is 36.4. The molecule has 3 aromatic carbocycles. The lowest BCUT2D eigenvalue weighted by atomic mass is 10.1. The van der Waals surface area contributed by atoms with E-state index in [0.717, 1.165) is 0 Å². The van der Waals surface area contributed by atoms with Gasteiger partial charge >= 0.3 is 12.1 Å². The molecule has 0 aromatic heterocycles. The highest BCUT2D eigenvalue weighted by atomic mass is 32.2. The van der Waals surface area contributed by atoms with Crippen molar-refractivity contribution in [2.45, 2.75) is 63.1 Å². The summed E-state index contributed by atoms with van der Waals surface area (Å²) in [6.45, 7) is 6.89. The topological polar surface area (TPSA) is 160 Å².